The molecular formula is C19H25NO5S. The van der Waals surface area contributed by atoms with Crippen LogP contribution >= 0.6 is 0 Å². The number of sulfonamides is 1. The molecule has 0 saturated heterocycles. The van der Waals surface area contributed by atoms with E-state index in [0.717, 1.165) is 11.1 Å². The van der Waals surface area contributed by atoms with Crippen molar-refractivity contribution >= 4 is 10.0 Å². The van der Waals surface area contributed by atoms with Gasteiger partial charge in [0.25, 0.3) is 0 Å². The Hall–Kier alpha value is -1.93. The first-order valence-electron chi connectivity index (χ1n) is 8.48. The molecule has 0 aromatic heterocycles. The molecule has 0 aliphatic carbocycles. The number of rotatable bonds is 10. The van der Waals surface area contributed by atoms with E-state index in [9.17, 15) is 13.5 Å². The van der Waals surface area contributed by atoms with Crippen molar-refractivity contribution in [2.45, 2.75) is 30.3 Å². The van der Waals surface area contributed by atoms with Crippen molar-refractivity contribution in [3.8, 4) is 5.75 Å². The van der Waals surface area contributed by atoms with Crippen molar-refractivity contribution in [3.63, 3.8) is 0 Å². The maximum absolute atomic E-state index is 12.4. The summed E-state index contributed by atoms with van der Waals surface area (Å²) in [5.41, 5.74) is 1.75. The number of methoxy groups -OCH3 is 1. The number of nitrogens with one attached hydrogen (secondary N) is 1. The topological polar surface area (TPSA) is 95.9 Å². The van der Waals surface area contributed by atoms with Crippen molar-refractivity contribution in [1.29, 1.82) is 0 Å². The van der Waals surface area contributed by atoms with Gasteiger partial charge in [-0.1, -0.05) is 36.4 Å². The summed E-state index contributed by atoms with van der Waals surface area (Å²) in [6.45, 7) is 0.314. The molecule has 2 aromatic rings. The molecule has 0 aliphatic heterocycles. The minimum Gasteiger partial charge on any atom is -0.495 e. The highest BCUT2D eigenvalue weighted by atomic mass is 32.2. The fraction of sp³-hybridized carbons (Fsp3) is 0.368. The van der Waals surface area contributed by atoms with E-state index >= 15 is 0 Å². The van der Waals surface area contributed by atoms with Crippen LogP contribution in [0.15, 0.2) is 53.4 Å². The number of aliphatic hydroxyl groups is 2. The Balaban J connectivity index is 1.93. The smallest absolute Gasteiger partial charge is 0.244 e. The summed E-state index contributed by atoms with van der Waals surface area (Å²) in [6.07, 6.45) is 0.990. The standard InChI is InChI=1S/C19H25NO5S/c1-25-18-6-2-3-7-19(18)26(23,24)20-13-12-15-8-10-16(11-9-15)17(22)5-4-14-21/h2-3,6-11,17,20-22H,4-5,12-14H2,1H3. The van der Waals surface area contributed by atoms with Crippen LogP contribution in [-0.2, 0) is 16.4 Å². The lowest BCUT2D eigenvalue weighted by molar-refractivity contribution is 0.152. The van der Waals surface area contributed by atoms with Crippen LogP contribution in [0.5, 0.6) is 5.75 Å². The third kappa shape index (κ3) is 5.54. The number of benzene rings is 2. The summed E-state index contributed by atoms with van der Waals surface area (Å²) in [4.78, 5) is 0.116. The highest BCUT2D eigenvalue weighted by molar-refractivity contribution is 7.89. The Morgan fingerprint density at radius 3 is 2.46 bits per heavy atom. The number of hydrogen-bond donors (Lipinski definition) is 3. The maximum atomic E-state index is 12.4. The first kappa shape index (κ1) is 20.4. The maximum Gasteiger partial charge on any atom is 0.244 e. The van der Waals surface area contributed by atoms with Crippen LogP contribution in [0, 0.1) is 0 Å². The van der Waals surface area contributed by atoms with E-state index in [4.69, 9.17) is 9.84 Å². The molecule has 0 heterocycles. The average molecular weight is 379 g/mol. The van der Waals surface area contributed by atoms with Gasteiger partial charge in [-0.25, -0.2) is 13.1 Å². The van der Waals surface area contributed by atoms with Crippen LogP contribution in [0.2, 0.25) is 0 Å². The lowest BCUT2D eigenvalue weighted by Crippen LogP contribution is -2.26. The van der Waals surface area contributed by atoms with Crippen molar-refractivity contribution in [1.82, 2.24) is 4.72 Å². The molecule has 0 spiro atoms. The largest absolute Gasteiger partial charge is 0.495 e. The summed E-state index contributed by atoms with van der Waals surface area (Å²) in [7, 11) is -2.21. The number of para-hydroxylation sites is 1. The molecular weight excluding hydrogens is 354 g/mol. The van der Waals surface area contributed by atoms with Crippen LogP contribution in [0.4, 0.5) is 0 Å². The summed E-state index contributed by atoms with van der Waals surface area (Å²) >= 11 is 0. The van der Waals surface area contributed by atoms with E-state index in [2.05, 4.69) is 4.72 Å². The Labute approximate surface area is 154 Å². The molecule has 0 fully saturated rings. The number of ether oxygens (including phenoxy) is 1. The van der Waals surface area contributed by atoms with Crippen LogP contribution in [0.1, 0.15) is 30.1 Å². The number of hydrogen-bond acceptors (Lipinski definition) is 5. The van der Waals surface area contributed by atoms with Gasteiger partial charge in [-0.15, -0.1) is 0 Å². The second kappa shape index (κ2) is 9.68. The van der Waals surface area contributed by atoms with Crippen molar-refractivity contribution < 1.29 is 23.4 Å². The zero-order valence-electron chi connectivity index (χ0n) is 14.8. The van der Waals surface area contributed by atoms with Gasteiger partial charge in [0.2, 0.25) is 10.0 Å². The molecule has 0 radical (unpaired) electrons. The van der Waals surface area contributed by atoms with Crippen molar-refractivity contribution in [2.24, 2.45) is 0 Å². The van der Waals surface area contributed by atoms with Gasteiger partial charge in [0.05, 0.1) is 13.2 Å². The molecule has 26 heavy (non-hydrogen) atoms. The van der Waals surface area contributed by atoms with E-state index in [1.807, 2.05) is 24.3 Å². The van der Waals surface area contributed by atoms with Crippen LogP contribution in [-0.4, -0.2) is 38.9 Å². The van der Waals surface area contributed by atoms with E-state index in [0.29, 0.717) is 25.0 Å². The Kier molecular flexibility index (Phi) is 7.59. The zero-order valence-corrected chi connectivity index (χ0v) is 15.6. The third-order valence-corrected chi connectivity index (χ3v) is 5.56. The lowest BCUT2D eigenvalue weighted by Gasteiger charge is -2.12. The van der Waals surface area contributed by atoms with E-state index in [1.54, 1.807) is 18.2 Å². The van der Waals surface area contributed by atoms with Crippen molar-refractivity contribution in [3.05, 3.63) is 59.7 Å². The normalized spacial score (nSPS) is 12.7. The predicted octanol–water partition coefficient (Wildman–Crippen LogP) is 2.02. The van der Waals surface area contributed by atoms with Gasteiger partial charge >= 0.3 is 0 Å². The summed E-state index contributed by atoms with van der Waals surface area (Å²) in [5, 5.41) is 18.8. The molecule has 6 nitrogen and oxygen atoms in total. The molecule has 0 amide bonds. The van der Waals surface area contributed by atoms with Gasteiger partial charge in [-0.2, -0.15) is 0 Å². The van der Waals surface area contributed by atoms with Gasteiger partial charge in [-0.3, -0.25) is 0 Å². The third-order valence-electron chi connectivity index (χ3n) is 4.06. The monoisotopic (exact) mass is 379 g/mol. The van der Waals surface area contributed by atoms with Gasteiger partial charge in [0.15, 0.2) is 0 Å². The van der Waals surface area contributed by atoms with E-state index in [1.165, 1.54) is 13.2 Å². The number of aliphatic hydroxyl groups excluding tert-OH is 2. The SMILES string of the molecule is COc1ccccc1S(=O)(=O)NCCc1ccc(C(O)CCCO)cc1. The highest BCUT2D eigenvalue weighted by Crippen LogP contribution is 2.22. The minimum atomic E-state index is -3.64. The van der Waals surface area contributed by atoms with E-state index in [-0.39, 0.29) is 18.0 Å². The van der Waals surface area contributed by atoms with Crippen molar-refractivity contribution in [2.75, 3.05) is 20.3 Å². The van der Waals surface area contributed by atoms with Crippen LogP contribution in [0.25, 0.3) is 0 Å². The average Bonchev–Trinajstić information content (AvgIpc) is 2.66. The molecule has 7 heteroatoms. The molecule has 2 rings (SSSR count). The molecule has 142 valence electrons. The molecule has 0 saturated carbocycles. The first-order chi connectivity index (χ1) is 12.5. The molecule has 0 bridgehead atoms. The van der Waals surface area contributed by atoms with Gasteiger partial charge < -0.3 is 14.9 Å². The first-order valence-corrected chi connectivity index (χ1v) is 9.96. The fourth-order valence-electron chi connectivity index (χ4n) is 2.61. The van der Waals surface area contributed by atoms with Gasteiger partial charge in [-0.05, 0) is 42.5 Å². The molecule has 0 aliphatic rings. The molecule has 1 atom stereocenters. The second-order valence-corrected chi connectivity index (χ2v) is 7.66. The van der Waals surface area contributed by atoms with Crippen LogP contribution in [0.3, 0.4) is 0 Å². The summed E-state index contributed by atoms with van der Waals surface area (Å²) in [5.74, 6) is 0.307. The van der Waals surface area contributed by atoms with Crippen LogP contribution < -0.4 is 9.46 Å². The predicted molar refractivity (Wildman–Crippen MR) is 99.6 cm³/mol. The Morgan fingerprint density at radius 2 is 1.81 bits per heavy atom. The van der Waals surface area contributed by atoms with Gasteiger partial charge in [0, 0.05) is 13.2 Å². The highest BCUT2D eigenvalue weighted by Gasteiger charge is 2.18. The molecule has 2 aromatic carbocycles. The quantitative estimate of drug-likeness (QED) is 0.587. The molecule has 3 N–H and O–H groups in total. The van der Waals surface area contributed by atoms with E-state index < -0.39 is 16.1 Å². The minimum absolute atomic E-state index is 0.0570. The molecule has 1 unspecified atom stereocenters. The summed E-state index contributed by atoms with van der Waals surface area (Å²) < 4.78 is 32.5. The zero-order chi connectivity index (χ0) is 19.0. The Morgan fingerprint density at radius 1 is 1.12 bits per heavy atom. The second-order valence-electron chi connectivity index (χ2n) is 5.92. The Bertz CT molecular complexity index is 790. The van der Waals surface area contributed by atoms with Gasteiger partial charge in [0.1, 0.15) is 10.6 Å². The lowest BCUT2D eigenvalue weighted by atomic mass is 10.0. The summed E-state index contributed by atoms with van der Waals surface area (Å²) in [6, 6.07) is 13.9. The fourth-order valence-corrected chi connectivity index (χ4v) is 3.81.